The molecule has 2 aromatic rings. The van der Waals surface area contributed by atoms with Crippen molar-refractivity contribution in [2.24, 2.45) is 0 Å². The molecule has 9 heteroatoms. The van der Waals surface area contributed by atoms with E-state index < -0.39 is 0 Å². The van der Waals surface area contributed by atoms with E-state index in [0.29, 0.717) is 22.5 Å². The quantitative estimate of drug-likeness (QED) is 0.862. The molecule has 1 aliphatic heterocycles. The fourth-order valence-electron chi connectivity index (χ4n) is 2.56. The lowest BCUT2D eigenvalue weighted by molar-refractivity contribution is 0.102. The van der Waals surface area contributed by atoms with Crippen molar-refractivity contribution >= 4 is 35.6 Å². The minimum Gasteiger partial charge on any atom is -0.495 e. The summed E-state index contributed by atoms with van der Waals surface area (Å²) in [6.07, 6.45) is 3.66. The fraction of sp³-hybridized carbons (Fsp3) is 0.400. The van der Waals surface area contributed by atoms with Gasteiger partial charge in [0, 0.05) is 11.8 Å². The van der Waals surface area contributed by atoms with Crippen LogP contribution in [0.3, 0.4) is 0 Å². The molecule has 0 unspecified atom stereocenters. The molecule has 1 amide bonds. The van der Waals surface area contributed by atoms with E-state index in [4.69, 9.17) is 16.3 Å². The number of hydrogen-bond donors (Lipinski definition) is 2. The molecule has 2 N–H and O–H groups in total. The molecule has 130 valence electrons. The van der Waals surface area contributed by atoms with Crippen molar-refractivity contribution in [3.63, 3.8) is 0 Å². The van der Waals surface area contributed by atoms with Gasteiger partial charge in [0.25, 0.3) is 5.91 Å². The van der Waals surface area contributed by atoms with Crippen LogP contribution in [0.15, 0.2) is 24.4 Å². The van der Waals surface area contributed by atoms with Crippen molar-refractivity contribution in [2.75, 3.05) is 25.5 Å². The highest BCUT2D eigenvalue weighted by Gasteiger charge is 2.19. The summed E-state index contributed by atoms with van der Waals surface area (Å²) < 4.78 is 6.91. The number of carbonyl (C=O) groups excluding carboxylic acids is 1. The van der Waals surface area contributed by atoms with Crippen molar-refractivity contribution in [3.8, 4) is 5.75 Å². The number of carbonyl (C=O) groups is 1. The number of hydrogen-bond acceptors (Lipinski definition) is 5. The summed E-state index contributed by atoms with van der Waals surface area (Å²) >= 11 is 5.97. The summed E-state index contributed by atoms with van der Waals surface area (Å²) in [6, 6.07) is 5.33. The van der Waals surface area contributed by atoms with E-state index in [1.807, 2.05) is 0 Å². The van der Waals surface area contributed by atoms with Crippen LogP contribution in [-0.2, 0) is 0 Å². The number of aromatic nitrogens is 3. The van der Waals surface area contributed by atoms with Gasteiger partial charge < -0.3 is 15.4 Å². The monoisotopic (exact) mass is 371 g/mol. The summed E-state index contributed by atoms with van der Waals surface area (Å²) in [5.41, 5.74) is 0.880. The molecule has 7 nitrogen and oxygen atoms in total. The number of methoxy groups -OCH3 is 1. The molecule has 1 fully saturated rings. The van der Waals surface area contributed by atoms with E-state index >= 15 is 0 Å². The highest BCUT2D eigenvalue weighted by Crippen LogP contribution is 2.27. The van der Waals surface area contributed by atoms with Crippen molar-refractivity contribution in [1.82, 2.24) is 20.3 Å². The molecule has 24 heavy (non-hydrogen) atoms. The smallest absolute Gasteiger partial charge is 0.277 e. The predicted octanol–water partition coefficient (Wildman–Crippen LogP) is 2.54. The number of nitrogens with one attached hydrogen (secondary N) is 2. The lowest BCUT2D eigenvalue weighted by Crippen LogP contribution is -2.29. The Morgan fingerprint density at radius 3 is 2.88 bits per heavy atom. The molecular formula is C15H19Cl2N5O2. The standard InChI is InChI=1S/C15H18ClN5O2.ClH/c1-23-14-8-10(2-3-12(14)16)18-15(22)13-9-21(20-19-13)11-4-6-17-7-5-11;/h2-3,8-9,11,17H,4-7H2,1H3,(H,18,22);1H. The van der Waals surface area contributed by atoms with E-state index in [-0.39, 0.29) is 24.0 Å². The molecule has 0 radical (unpaired) electrons. The van der Waals surface area contributed by atoms with Gasteiger partial charge in [-0.05, 0) is 38.1 Å². The molecule has 0 bridgehead atoms. The lowest BCUT2D eigenvalue weighted by atomic mass is 10.1. The van der Waals surface area contributed by atoms with Gasteiger partial charge in [-0.1, -0.05) is 16.8 Å². The topological polar surface area (TPSA) is 81.1 Å². The van der Waals surface area contributed by atoms with Crippen LogP contribution < -0.4 is 15.4 Å². The molecule has 1 aromatic carbocycles. The first-order chi connectivity index (χ1) is 11.2. The maximum atomic E-state index is 12.3. The zero-order valence-electron chi connectivity index (χ0n) is 13.2. The SMILES string of the molecule is COc1cc(NC(=O)c2cn(C3CCNCC3)nn2)ccc1Cl.Cl. The number of amides is 1. The maximum Gasteiger partial charge on any atom is 0.277 e. The summed E-state index contributed by atoms with van der Waals surface area (Å²) in [4.78, 5) is 12.3. The number of ether oxygens (including phenoxy) is 1. The molecule has 0 atom stereocenters. The Kier molecular flexibility index (Phi) is 6.42. The van der Waals surface area contributed by atoms with Crippen LogP contribution in [0.5, 0.6) is 5.75 Å². The second-order valence-electron chi connectivity index (χ2n) is 5.37. The van der Waals surface area contributed by atoms with Gasteiger partial charge in [-0.3, -0.25) is 4.79 Å². The summed E-state index contributed by atoms with van der Waals surface area (Å²) in [5.74, 6) is 0.192. The number of benzene rings is 1. The van der Waals surface area contributed by atoms with Crippen molar-refractivity contribution in [3.05, 3.63) is 35.1 Å². The average Bonchev–Trinajstić information content (AvgIpc) is 3.07. The predicted molar refractivity (Wildman–Crippen MR) is 94.4 cm³/mol. The minimum absolute atomic E-state index is 0. The Hall–Kier alpha value is -1.83. The molecular weight excluding hydrogens is 353 g/mol. The van der Waals surface area contributed by atoms with Crippen molar-refractivity contribution in [1.29, 1.82) is 0 Å². The number of piperidine rings is 1. The average molecular weight is 372 g/mol. The number of anilines is 1. The van der Waals surface area contributed by atoms with Crippen LogP contribution in [0.25, 0.3) is 0 Å². The third kappa shape index (κ3) is 4.17. The van der Waals surface area contributed by atoms with Gasteiger partial charge in [-0.15, -0.1) is 17.5 Å². The van der Waals surface area contributed by atoms with Crippen molar-refractivity contribution in [2.45, 2.75) is 18.9 Å². The van der Waals surface area contributed by atoms with Crippen LogP contribution in [0.2, 0.25) is 5.02 Å². The van der Waals surface area contributed by atoms with E-state index in [9.17, 15) is 4.79 Å². The van der Waals surface area contributed by atoms with Crippen LogP contribution in [-0.4, -0.2) is 41.1 Å². The van der Waals surface area contributed by atoms with Gasteiger partial charge in [0.15, 0.2) is 5.69 Å². The largest absolute Gasteiger partial charge is 0.495 e. The molecule has 1 saturated heterocycles. The first-order valence-corrected chi connectivity index (χ1v) is 7.82. The Morgan fingerprint density at radius 2 is 2.17 bits per heavy atom. The number of halogens is 2. The van der Waals surface area contributed by atoms with Crippen LogP contribution in [0.4, 0.5) is 5.69 Å². The Bertz CT molecular complexity index is 701. The van der Waals surface area contributed by atoms with Crippen LogP contribution in [0.1, 0.15) is 29.4 Å². The summed E-state index contributed by atoms with van der Waals surface area (Å²) in [5, 5.41) is 14.6. The number of nitrogens with zero attached hydrogens (tertiary/aromatic N) is 3. The van der Waals surface area contributed by atoms with Crippen molar-refractivity contribution < 1.29 is 9.53 Å². The fourth-order valence-corrected chi connectivity index (χ4v) is 2.76. The Morgan fingerprint density at radius 1 is 1.42 bits per heavy atom. The van der Waals surface area contributed by atoms with E-state index in [1.54, 1.807) is 29.1 Å². The maximum absolute atomic E-state index is 12.3. The molecule has 0 spiro atoms. The molecule has 3 rings (SSSR count). The van der Waals surface area contributed by atoms with Gasteiger partial charge in [-0.25, -0.2) is 4.68 Å². The first kappa shape index (κ1) is 18.5. The minimum atomic E-state index is -0.311. The van der Waals surface area contributed by atoms with Crippen LogP contribution in [0, 0.1) is 0 Å². The second-order valence-corrected chi connectivity index (χ2v) is 5.78. The van der Waals surface area contributed by atoms with E-state index in [1.165, 1.54) is 7.11 Å². The lowest BCUT2D eigenvalue weighted by Gasteiger charge is -2.22. The molecule has 1 aliphatic rings. The van der Waals surface area contributed by atoms with Gasteiger partial charge in [-0.2, -0.15) is 0 Å². The van der Waals surface area contributed by atoms with Gasteiger partial charge in [0.05, 0.1) is 24.4 Å². The Labute approximate surface area is 151 Å². The van der Waals surface area contributed by atoms with E-state index in [0.717, 1.165) is 25.9 Å². The normalized spacial score (nSPS) is 14.8. The third-order valence-electron chi connectivity index (χ3n) is 3.83. The zero-order valence-corrected chi connectivity index (χ0v) is 14.7. The molecule has 0 saturated carbocycles. The second kappa shape index (κ2) is 8.32. The summed E-state index contributed by atoms with van der Waals surface area (Å²) in [7, 11) is 1.53. The molecule has 2 heterocycles. The first-order valence-electron chi connectivity index (χ1n) is 7.45. The number of rotatable bonds is 4. The van der Waals surface area contributed by atoms with E-state index in [2.05, 4.69) is 20.9 Å². The highest BCUT2D eigenvalue weighted by atomic mass is 35.5. The molecule has 1 aromatic heterocycles. The Balaban J connectivity index is 0.00000208. The summed E-state index contributed by atoms with van der Waals surface area (Å²) in [6.45, 7) is 1.91. The van der Waals surface area contributed by atoms with Gasteiger partial charge in [0.2, 0.25) is 0 Å². The third-order valence-corrected chi connectivity index (χ3v) is 4.15. The van der Waals surface area contributed by atoms with Gasteiger partial charge >= 0.3 is 0 Å². The van der Waals surface area contributed by atoms with Gasteiger partial charge in [0.1, 0.15) is 5.75 Å². The molecule has 0 aliphatic carbocycles. The zero-order chi connectivity index (χ0) is 16.2. The highest BCUT2D eigenvalue weighted by molar-refractivity contribution is 6.32. The van der Waals surface area contributed by atoms with Crippen LogP contribution >= 0.6 is 24.0 Å².